The van der Waals surface area contributed by atoms with Crippen LogP contribution in [0, 0.1) is 0 Å². The monoisotopic (exact) mass is 1150 g/mol. The molecule has 6 N–H and O–H groups in total. The zero-order chi connectivity index (χ0) is 51.4. The summed E-state index contributed by atoms with van der Waals surface area (Å²) in [6.45, 7) is 2.40. The zero-order valence-electron chi connectivity index (χ0n) is 39.2. The minimum Gasteiger partial charge on any atom is -0.871 e. The number of anilines is 2. The van der Waals surface area contributed by atoms with Gasteiger partial charge in [0.25, 0.3) is 11.8 Å². The second kappa shape index (κ2) is 31.2. The van der Waals surface area contributed by atoms with Gasteiger partial charge in [-0.05, 0) is 86.6 Å². The fraction of sp³-hybridized carbons (Fsp3) is 0.0417. The molecular formula is C48H32Cl4CoN6Na3O12+. The van der Waals surface area contributed by atoms with Crippen molar-refractivity contribution in [1.82, 2.24) is 0 Å². The van der Waals surface area contributed by atoms with Crippen LogP contribution in [0.25, 0.3) is 0 Å². The van der Waals surface area contributed by atoms with Gasteiger partial charge in [0.15, 0.2) is 23.0 Å². The second-order valence-corrected chi connectivity index (χ2v) is 15.8. The van der Waals surface area contributed by atoms with Crippen molar-refractivity contribution < 1.29 is 165 Å². The van der Waals surface area contributed by atoms with Crippen LogP contribution in [0.15, 0.2) is 165 Å². The average molecular weight is 1150 g/mol. The molecule has 0 aromatic heterocycles. The number of halogens is 4. The number of nitrogens with one attached hydrogen (secondary N) is 2. The summed E-state index contributed by atoms with van der Waals surface area (Å²) in [5.41, 5.74) is -1.74. The van der Waals surface area contributed by atoms with E-state index in [9.17, 15) is 59.4 Å². The number of nitrogens with zero attached hydrogens (tertiary/aromatic N) is 4. The largest absolute Gasteiger partial charge is 1.00 e. The van der Waals surface area contributed by atoms with Crippen molar-refractivity contribution in [3.05, 3.63) is 198 Å². The number of carbonyl (C=O) groups is 6. The first-order valence-corrected chi connectivity index (χ1v) is 21.2. The van der Waals surface area contributed by atoms with Crippen LogP contribution < -0.4 is 110 Å². The van der Waals surface area contributed by atoms with Gasteiger partial charge >= 0.3 is 101 Å². The molecule has 6 aromatic carbocycles. The Morgan fingerprint density at radius 1 is 0.473 bits per heavy atom. The molecule has 0 saturated carbocycles. The minimum atomic E-state index is -1.28. The summed E-state index contributed by atoms with van der Waals surface area (Å²) in [6.07, 6.45) is 0. The van der Waals surface area contributed by atoms with Crippen molar-refractivity contribution in [2.75, 3.05) is 10.6 Å². The summed E-state index contributed by atoms with van der Waals surface area (Å²) in [6, 6.07) is 26.9. The maximum Gasteiger partial charge on any atom is 1.00 e. The van der Waals surface area contributed by atoms with Crippen LogP contribution >= 0.6 is 46.4 Å². The molecule has 0 aliphatic carbocycles. The maximum absolute atomic E-state index is 12.7. The first-order valence-electron chi connectivity index (χ1n) is 19.7. The number of azo groups is 2. The van der Waals surface area contributed by atoms with Gasteiger partial charge < -0.3 is 41.3 Å². The van der Waals surface area contributed by atoms with Gasteiger partial charge in [-0.25, -0.2) is 9.59 Å². The molecule has 0 heterocycles. The van der Waals surface area contributed by atoms with E-state index in [1.54, 1.807) is 0 Å². The molecule has 0 saturated heterocycles. The number of carboxylic acid groups (broad SMARTS) is 2. The molecular weight excluding hydrogens is 1120 g/mol. The van der Waals surface area contributed by atoms with Crippen LogP contribution in [0.5, 0.6) is 11.5 Å². The number of rotatable bonds is 14. The fourth-order valence-corrected chi connectivity index (χ4v) is 6.52. The molecule has 74 heavy (non-hydrogen) atoms. The predicted octanol–water partition coefficient (Wildman–Crippen LogP) is 2.03. The van der Waals surface area contributed by atoms with Gasteiger partial charge in [-0.2, -0.15) is 10.2 Å². The minimum absolute atomic E-state index is 0. The number of carboxylic acids is 2. The zero-order valence-corrected chi connectivity index (χ0v) is 49.3. The van der Waals surface area contributed by atoms with E-state index >= 15 is 0 Å². The Balaban J connectivity index is 0.000000702. The third kappa shape index (κ3) is 18.1. The molecule has 0 aliphatic heterocycles. The predicted molar refractivity (Wildman–Crippen MR) is 255 cm³/mol. The molecule has 18 nitrogen and oxygen atoms in total. The van der Waals surface area contributed by atoms with Crippen LogP contribution in [0.2, 0.25) is 20.1 Å². The van der Waals surface area contributed by atoms with E-state index in [0.717, 1.165) is 12.1 Å². The first kappa shape index (κ1) is 67.1. The van der Waals surface area contributed by atoms with Crippen LogP contribution in [0.4, 0.5) is 22.7 Å². The number of hydrogen-bond acceptors (Lipinski definition) is 14. The number of hydrogen-bond donors (Lipinski definition) is 6. The van der Waals surface area contributed by atoms with Gasteiger partial charge in [0.1, 0.15) is 11.5 Å². The van der Waals surface area contributed by atoms with Crippen molar-refractivity contribution in [3.8, 4) is 11.5 Å². The van der Waals surface area contributed by atoms with Gasteiger partial charge in [-0.1, -0.05) is 106 Å². The first-order chi connectivity index (χ1) is 33.2. The number of carbonyl (C=O) groups excluding carboxylic acids is 4. The Kier molecular flexibility index (Phi) is 28.3. The van der Waals surface area contributed by atoms with Crippen molar-refractivity contribution in [3.63, 3.8) is 0 Å². The van der Waals surface area contributed by atoms with E-state index in [1.807, 2.05) is 0 Å². The molecule has 6 rings (SSSR count). The molecule has 0 unspecified atom stereocenters. The van der Waals surface area contributed by atoms with Crippen LogP contribution in [-0.4, -0.2) is 55.7 Å². The molecule has 0 bridgehead atoms. The third-order valence-electron chi connectivity index (χ3n) is 9.23. The van der Waals surface area contributed by atoms with Crippen LogP contribution in [0.3, 0.4) is 0 Å². The smallest absolute Gasteiger partial charge is 0.871 e. The second-order valence-electron chi connectivity index (χ2n) is 14.1. The Hall–Kier alpha value is -4.91. The van der Waals surface area contributed by atoms with E-state index in [4.69, 9.17) is 46.4 Å². The number of aromatic carboxylic acids is 2. The molecule has 0 spiro atoms. The van der Waals surface area contributed by atoms with E-state index in [-0.39, 0.29) is 172 Å². The summed E-state index contributed by atoms with van der Waals surface area (Å²) in [7, 11) is 0. The standard InChI is InChI=1S/2C24H17Cl2N3O6.Co.3Na/c2*1-12(30)21(23(33)27-19-11-14(25)7-8-17(19)26)29-28-18-9-6-13(10-20(18)31)22(32)15-4-2-3-5-16(15)24(34)35;;;;/h2*2-11,30-31H,1H3,(H,27,33)(H,34,35);;;;/q;;;3*+1/p-2. The summed E-state index contributed by atoms with van der Waals surface area (Å²) in [4.78, 5) is 73.3. The Labute approximate surface area is 517 Å². The Bertz CT molecular complexity index is 3030. The van der Waals surface area contributed by atoms with Crippen molar-refractivity contribution in [1.29, 1.82) is 0 Å². The molecule has 0 aliphatic rings. The molecule has 2 amide bonds. The molecule has 0 fully saturated rings. The molecule has 365 valence electrons. The van der Waals surface area contributed by atoms with E-state index < -0.39 is 69.7 Å². The van der Waals surface area contributed by atoms with Crippen molar-refractivity contribution in [2.24, 2.45) is 20.5 Å². The van der Waals surface area contributed by atoms with Gasteiger partial charge in [-0.15, -0.1) is 10.2 Å². The summed E-state index contributed by atoms with van der Waals surface area (Å²) in [5, 5.41) is 84.0. The van der Waals surface area contributed by atoms with Gasteiger partial charge in [-0.3, -0.25) is 19.2 Å². The summed E-state index contributed by atoms with van der Waals surface area (Å²) < 4.78 is 0. The number of ketones is 2. The normalized spacial score (nSPS) is 11.1. The number of amides is 2. The van der Waals surface area contributed by atoms with Gasteiger partial charge in [0.2, 0.25) is 0 Å². The molecule has 1 radical (unpaired) electrons. The molecule has 6 aromatic rings. The van der Waals surface area contributed by atoms with Gasteiger partial charge in [0, 0.05) is 49.1 Å². The number of allylic oxidation sites excluding steroid dienone is 2. The number of aliphatic hydroxyl groups excluding tert-OH is 2. The van der Waals surface area contributed by atoms with E-state index in [1.165, 1.54) is 123 Å². The average Bonchev–Trinajstić information content (AvgIpc) is 3.31. The Morgan fingerprint density at radius 2 is 0.797 bits per heavy atom. The SMILES string of the molecule is CC(O)=C(N=Nc1ccc(C(=O)c2ccccc2C(=O)O)cc1[O-])C(=O)Nc1cc(Cl)ccc1Cl.CC(O)=C(N=Nc1ccc(C(=O)c2ccccc2C(=O)O)cc1[O-])C(=O)Nc1cc(Cl)ccc1Cl.[Co].[Na+].[Na+].[Na+]. The van der Waals surface area contributed by atoms with E-state index in [0.29, 0.717) is 10.0 Å². The number of benzene rings is 6. The quantitative estimate of drug-likeness (QED) is 0.0300. The fourth-order valence-electron chi connectivity index (χ4n) is 5.84. The topological polar surface area (TPSA) is 303 Å². The van der Waals surface area contributed by atoms with E-state index in [2.05, 4.69) is 31.1 Å². The molecule has 0 atom stereocenters. The van der Waals surface area contributed by atoms with Crippen LogP contribution in [0.1, 0.15) is 66.4 Å². The summed E-state index contributed by atoms with van der Waals surface area (Å²) >= 11 is 23.8. The maximum atomic E-state index is 12.7. The van der Waals surface area contributed by atoms with Crippen molar-refractivity contribution in [2.45, 2.75) is 13.8 Å². The van der Waals surface area contributed by atoms with Crippen LogP contribution in [-0.2, 0) is 26.4 Å². The Morgan fingerprint density at radius 3 is 1.09 bits per heavy atom. The van der Waals surface area contributed by atoms with Crippen molar-refractivity contribution >= 4 is 104 Å². The summed E-state index contributed by atoms with van der Waals surface area (Å²) in [5.74, 6) is -7.97. The van der Waals surface area contributed by atoms with Gasteiger partial charge in [0.05, 0.1) is 43.9 Å². The number of aliphatic hydroxyl groups is 2. The molecule has 26 heteroatoms. The third-order valence-corrected chi connectivity index (χ3v) is 10.4.